The van der Waals surface area contributed by atoms with E-state index >= 15 is 0 Å². The summed E-state index contributed by atoms with van der Waals surface area (Å²) in [6.45, 7) is -0.843. The van der Waals surface area contributed by atoms with Gasteiger partial charge in [0.1, 0.15) is 18.3 Å². The number of aliphatic hydroxyl groups excluding tert-OH is 5. The summed E-state index contributed by atoms with van der Waals surface area (Å²) in [6.07, 6.45) is -9.67. The highest BCUT2D eigenvalue weighted by Crippen LogP contribution is 2.25. The van der Waals surface area contributed by atoms with Crippen LogP contribution in [0.1, 0.15) is 0 Å². The summed E-state index contributed by atoms with van der Waals surface area (Å²) >= 11 is 0. The first-order valence-electron chi connectivity index (χ1n) is 4.91. The molecule has 0 saturated carbocycles. The van der Waals surface area contributed by atoms with Crippen LogP contribution in [0.3, 0.4) is 0 Å². The molecule has 22 heavy (non-hydrogen) atoms. The Morgan fingerprint density at radius 3 is 1.32 bits per heavy atom. The minimum atomic E-state index is -4.64. The van der Waals surface area contributed by atoms with Crippen molar-refractivity contribution in [3.63, 3.8) is 0 Å². The molecule has 0 saturated heterocycles. The van der Waals surface area contributed by atoms with Gasteiger partial charge in [-0.15, -0.1) is 0 Å². The molecule has 4 atom stereocenters. The van der Waals surface area contributed by atoms with E-state index in [1.807, 2.05) is 0 Å². The Morgan fingerprint density at radius 1 is 0.864 bits per heavy atom. The van der Waals surface area contributed by atoms with Crippen LogP contribution in [0.15, 0.2) is 0 Å². The summed E-state index contributed by atoms with van der Waals surface area (Å²) in [7, 11) is -4.64. The van der Waals surface area contributed by atoms with Crippen molar-refractivity contribution in [3.8, 4) is 0 Å². The largest absolute Gasteiger partial charge is 0.503 e. The number of carboxylic acid groups (broad SMARTS) is 3. The molecule has 0 aliphatic carbocycles. The number of rotatable bonds is 5. The molecule has 4 unspecified atom stereocenters. The zero-order chi connectivity index (χ0) is 18.7. The van der Waals surface area contributed by atoms with Crippen molar-refractivity contribution in [2.75, 3.05) is 6.61 Å². The SMILES string of the molecule is O=C(O)C(O)C(O)C(O)C(O)CO.O=C(O)O.O=P(O)(O)O. The standard InChI is InChI=1S/C6H12O7.CH2O3.H3O4P/c7-1-2(8)3(9)4(10)5(11)6(12)13;2-1(3)4;1-5(2,3)4/h2-5,7-11H,1H2,(H,12,13);(H2,2,3,4);(H3,1,2,3,4). The lowest BCUT2D eigenvalue weighted by Gasteiger charge is -2.23. The zero-order valence-electron chi connectivity index (χ0n) is 10.6. The topological polar surface area (TPSA) is 274 Å². The van der Waals surface area contributed by atoms with E-state index in [4.69, 9.17) is 64.9 Å². The third-order valence-electron chi connectivity index (χ3n) is 1.51. The maximum atomic E-state index is 10.1. The smallest absolute Gasteiger partial charge is 0.479 e. The zero-order valence-corrected chi connectivity index (χ0v) is 11.5. The van der Waals surface area contributed by atoms with Gasteiger partial charge in [-0.3, -0.25) is 0 Å². The van der Waals surface area contributed by atoms with Crippen LogP contribution in [0.4, 0.5) is 4.79 Å². The monoisotopic (exact) mass is 356 g/mol. The first-order chi connectivity index (χ1) is 9.64. The highest BCUT2D eigenvalue weighted by atomic mass is 31.2. The molecule has 0 rings (SSSR count). The molecule has 0 heterocycles. The van der Waals surface area contributed by atoms with Crippen LogP contribution in [0.25, 0.3) is 0 Å². The molecule has 0 fully saturated rings. The van der Waals surface area contributed by atoms with Crippen LogP contribution in [-0.2, 0) is 9.36 Å². The molecule has 0 amide bonds. The van der Waals surface area contributed by atoms with E-state index in [1.165, 1.54) is 0 Å². The summed E-state index contributed by atoms with van der Waals surface area (Å²) in [4.78, 5) is 40.2. The highest BCUT2D eigenvalue weighted by Gasteiger charge is 2.33. The second kappa shape index (κ2) is 12.2. The second-order valence-electron chi connectivity index (χ2n) is 3.31. The lowest BCUT2D eigenvalue weighted by Crippen LogP contribution is -2.48. The molecular weight excluding hydrogens is 339 g/mol. The number of hydrogen-bond acceptors (Lipinski definition) is 8. The highest BCUT2D eigenvalue weighted by molar-refractivity contribution is 7.45. The van der Waals surface area contributed by atoms with Crippen molar-refractivity contribution in [3.05, 3.63) is 0 Å². The Labute approximate surface area is 122 Å². The van der Waals surface area contributed by atoms with Gasteiger partial charge >= 0.3 is 19.9 Å². The minimum Gasteiger partial charge on any atom is -0.479 e. The molecule has 0 radical (unpaired) electrons. The number of carboxylic acids is 1. The Bertz CT molecular complexity index is 352. The Balaban J connectivity index is -0.000000330. The molecule has 15 heteroatoms. The van der Waals surface area contributed by atoms with Gasteiger partial charge in [0.15, 0.2) is 6.10 Å². The second-order valence-corrected chi connectivity index (χ2v) is 4.34. The average Bonchev–Trinajstić information content (AvgIpc) is 2.32. The van der Waals surface area contributed by atoms with E-state index in [2.05, 4.69) is 0 Å². The first kappa shape index (κ1) is 25.6. The van der Waals surface area contributed by atoms with Crippen LogP contribution in [0, 0.1) is 0 Å². The normalized spacial score (nSPS) is 15.8. The van der Waals surface area contributed by atoms with Gasteiger partial charge in [0, 0.05) is 0 Å². The molecule has 0 aromatic carbocycles. The first-order valence-corrected chi connectivity index (χ1v) is 6.47. The molecule has 0 aromatic rings. The van der Waals surface area contributed by atoms with Crippen molar-refractivity contribution in [1.82, 2.24) is 0 Å². The third kappa shape index (κ3) is 21.0. The molecular formula is C7H17O14P. The van der Waals surface area contributed by atoms with Crippen LogP contribution in [-0.4, -0.2) is 98.7 Å². The van der Waals surface area contributed by atoms with E-state index in [0.717, 1.165) is 0 Å². The minimum absolute atomic E-state index is 0.843. The third-order valence-corrected chi connectivity index (χ3v) is 1.51. The fourth-order valence-corrected chi connectivity index (χ4v) is 0.668. The summed E-state index contributed by atoms with van der Waals surface area (Å²) in [5.41, 5.74) is 0. The van der Waals surface area contributed by atoms with E-state index in [9.17, 15) is 4.79 Å². The fourth-order valence-electron chi connectivity index (χ4n) is 0.668. The predicted octanol–water partition coefficient (Wildman–Crippen LogP) is -4.20. The lowest BCUT2D eigenvalue weighted by atomic mass is 10.0. The molecule has 0 aliphatic rings. The van der Waals surface area contributed by atoms with Gasteiger partial charge in [-0.2, -0.15) is 0 Å². The van der Waals surface area contributed by atoms with Gasteiger partial charge < -0.3 is 55.5 Å². The molecule has 0 spiro atoms. The summed E-state index contributed by atoms with van der Waals surface area (Å²) in [5, 5.41) is 65.8. The number of carbonyl (C=O) groups is 2. The van der Waals surface area contributed by atoms with Crippen LogP contribution in [0.2, 0.25) is 0 Å². The van der Waals surface area contributed by atoms with Crippen molar-refractivity contribution in [2.45, 2.75) is 24.4 Å². The van der Waals surface area contributed by atoms with E-state index in [-0.39, 0.29) is 0 Å². The number of hydrogen-bond donors (Lipinski definition) is 11. The van der Waals surface area contributed by atoms with Crippen molar-refractivity contribution >= 4 is 19.9 Å². The van der Waals surface area contributed by atoms with E-state index in [1.54, 1.807) is 0 Å². The van der Waals surface area contributed by atoms with Gasteiger partial charge in [-0.25, -0.2) is 14.2 Å². The number of aliphatic carboxylic acids is 1. The average molecular weight is 356 g/mol. The molecule has 14 nitrogen and oxygen atoms in total. The van der Waals surface area contributed by atoms with Crippen LogP contribution < -0.4 is 0 Å². The van der Waals surface area contributed by atoms with Gasteiger partial charge in [-0.05, 0) is 0 Å². The van der Waals surface area contributed by atoms with Crippen LogP contribution >= 0.6 is 7.82 Å². The van der Waals surface area contributed by atoms with Gasteiger partial charge in [-0.1, -0.05) is 0 Å². The fraction of sp³-hybridized carbons (Fsp3) is 0.714. The Morgan fingerprint density at radius 2 is 1.14 bits per heavy atom. The van der Waals surface area contributed by atoms with Gasteiger partial charge in [0.2, 0.25) is 0 Å². The summed E-state index contributed by atoms with van der Waals surface area (Å²) in [5.74, 6) is -1.73. The maximum Gasteiger partial charge on any atom is 0.503 e. The number of aliphatic hydroxyl groups is 5. The lowest BCUT2D eigenvalue weighted by molar-refractivity contribution is -0.164. The van der Waals surface area contributed by atoms with Crippen molar-refractivity contribution in [1.29, 1.82) is 0 Å². The van der Waals surface area contributed by atoms with E-state index < -0.39 is 51.0 Å². The Hall–Kier alpha value is -1.35. The molecule has 11 N–H and O–H groups in total. The Kier molecular flexibility index (Phi) is 14.2. The van der Waals surface area contributed by atoms with Gasteiger partial charge in [0.05, 0.1) is 6.61 Å². The molecule has 0 aliphatic heterocycles. The van der Waals surface area contributed by atoms with Crippen molar-refractivity contribution in [2.24, 2.45) is 0 Å². The molecule has 0 aromatic heterocycles. The number of phosphoric acid groups is 1. The summed E-state index contributed by atoms with van der Waals surface area (Å²) < 4.78 is 8.88. The maximum absolute atomic E-state index is 10.1. The predicted molar refractivity (Wildman–Crippen MR) is 63.7 cm³/mol. The summed E-state index contributed by atoms with van der Waals surface area (Å²) in [6, 6.07) is 0. The quantitative estimate of drug-likeness (QED) is 0.208. The molecule has 0 bridgehead atoms. The van der Waals surface area contributed by atoms with Crippen LogP contribution in [0.5, 0.6) is 0 Å². The van der Waals surface area contributed by atoms with Crippen molar-refractivity contribution < 1.29 is 69.7 Å². The van der Waals surface area contributed by atoms with E-state index in [0.29, 0.717) is 0 Å². The molecule has 134 valence electrons. The van der Waals surface area contributed by atoms with Gasteiger partial charge in [0.25, 0.3) is 0 Å².